The number of thiophene rings is 1. The lowest BCUT2D eigenvalue weighted by molar-refractivity contribution is -0.121. The highest BCUT2D eigenvalue weighted by atomic mass is 32.1. The number of hydrogen-bond donors (Lipinski definition) is 1. The number of nitrogens with one attached hydrogen (secondary N) is 1. The van der Waals surface area contributed by atoms with Gasteiger partial charge in [0.1, 0.15) is 0 Å². The Labute approximate surface area is 111 Å². The molecular formula is C13H18N2O2S. The van der Waals surface area contributed by atoms with Crippen LogP contribution in [0, 0.1) is 0 Å². The Bertz CT molecular complexity index is 413. The van der Waals surface area contributed by atoms with E-state index in [4.69, 9.17) is 0 Å². The van der Waals surface area contributed by atoms with Gasteiger partial charge in [-0.3, -0.25) is 9.59 Å². The summed E-state index contributed by atoms with van der Waals surface area (Å²) in [5.41, 5.74) is 0. The van der Waals surface area contributed by atoms with Crippen molar-refractivity contribution in [2.24, 2.45) is 0 Å². The fraction of sp³-hybridized carbons (Fsp3) is 0.385. The third kappa shape index (κ3) is 4.71. The molecule has 1 aromatic rings. The van der Waals surface area contributed by atoms with Crippen LogP contribution in [-0.4, -0.2) is 36.9 Å². The van der Waals surface area contributed by atoms with Gasteiger partial charge in [-0.2, -0.15) is 0 Å². The summed E-state index contributed by atoms with van der Waals surface area (Å²) in [5.74, 6) is -0.250. The lowest BCUT2D eigenvalue weighted by atomic mass is 10.3. The minimum absolute atomic E-state index is 0.0899. The zero-order valence-electron chi connectivity index (χ0n) is 10.7. The van der Waals surface area contributed by atoms with Crippen molar-refractivity contribution in [3.05, 3.63) is 34.5 Å². The van der Waals surface area contributed by atoms with Gasteiger partial charge in [0.15, 0.2) is 0 Å². The van der Waals surface area contributed by atoms with E-state index < -0.39 is 0 Å². The molecule has 0 spiro atoms. The van der Waals surface area contributed by atoms with Crippen molar-refractivity contribution in [1.29, 1.82) is 0 Å². The maximum Gasteiger partial charge on any atom is 0.264 e. The molecule has 1 heterocycles. The first kappa shape index (κ1) is 14.4. The molecule has 0 unspecified atom stereocenters. The fourth-order valence-corrected chi connectivity index (χ4v) is 2.11. The number of hydrogen-bond acceptors (Lipinski definition) is 3. The minimum Gasteiger partial charge on any atom is -0.354 e. The molecule has 0 saturated carbocycles. The van der Waals surface area contributed by atoms with Crippen molar-refractivity contribution in [3.63, 3.8) is 0 Å². The standard InChI is InChI=1S/C13H18N2O2S/c1-3-4-5-8-14-12(16)10-15(2)13(17)11-7-6-9-18-11/h3-4,6-7,9H,5,8,10H2,1-2H3,(H,14,16)/b4-3+. The number of carbonyl (C=O) groups is 2. The largest absolute Gasteiger partial charge is 0.354 e. The lowest BCUT2D eigenvalue weighted by Gasteiger charge is -2.15. The molecule has 98 valence electrons. The molecule has 0 aliphatic rings. The smallest absolute Gasteiger partial charge is 0.264 e. The number of allylic oxidation sites excluding steroid dienone is 1. The van der Waals surface area contributed by atoms with Crippen LogP contribution in [0.5, 0.6) is 0 Å². The molecule has 0 bridgehead atoms. The molecule has 0 aromatic carbocycles. The topological polar surface area (TPSA) is 49.4 Å². The summed E-state index contributed by atoms with van der Waals surface area (Å²) in [6, 6.07) is 3.58. The van der Waals surface area contributed by atoms with E-state index in [1.807, 2.05) is 30.5 Å². The van der Waals surface area contributed by atoms with E-state index in [-0.39, 0.29) is 18.4 Å². The Hall–Kier alpha value is -1.62. The van der Waals surface area contributed by atoms with Crippen molar-refractivity contribution in [1.82, 2.24) is 10.2 Å². The highest BCUT2D eigenvalue weighted by Gasteiger charge is 2.14. The maximum atomic E-state index is 11.9. The van der Waals surface area contributed by atoms with Crippen molar-refractivity contribution in [3.8, 4) is 0 Å². The third-order valence-corrected chi connectivity index (χ3v) is 3.19. The number of carbonyl (C=O) groups excluding carboxylic acids is 2. The second kappa shape index (κ2) is 7.66. The number of likely N-dealkylation sites (N-methyl/N-ethyl adjacent to an activating group) is 1. The quantitative estimate of drug-likeness (QED) is 0.631. The van der Waals surface area contributed by atoms with E-state index in [1.54, 1.807) is 13.1 Å². The van der Waals surface area contributed by atoms with Crippen LogP contribution in [0.15, 0.2) is 29.7 Å². The summed E-state index contributed by atoms with van der Waals surface area (Å²) in [6.45, 7) is 2.63. The second-order valence-electron chi connectivity index (χ2n) is 3.85. The van der Waals surface area contributed by atoms with Crippen molar-refractivity contribution >= 4 is 23.2 Å². The number of amides is 2. The summed E-state index contributed by atoms with van der Waals surface area (Å²) in [5, 5.41) is 4.61. The molecular weight excluding hydrogens is 248 g/mol. The van der Waals surface area contributed by atoms with Crippen LogP contribution >= 0.6 is 11.3 Å². The molecule has 0 fully saturated rings. The molecule has 0 radical (unpaired) electrons. The van der Waals surface area contributed by atoms with Crippen molar-refractivity contribution in [2.75, 3.05) is 20.1 Å². The molecule has 1 rings (SSSR count). The van der Waals surface area contributed by atoms with Crippen LogP contribution in [0.2, 0.25) is 0 Å². The maximum absolute atomic E-state index is 11.9. The van der Waals surface area contributed by atoms with Gasteiger partial charge in [0.25, 0.3) is 5.91 Å². The van der Waals surface area contributed by atoms with E-state index in [2.05, 4.69) is 5.32 Å². The molecule has 1 aromatic heterocycles. The van der Waals surface area contributed by atoms with Gasteiger partial charge < -0.3 is 10.2 Å². The summed E-state index contributed by atoms with van der Waals surface area (Å²) in [4.78, 5) is 25.5. The van der Waals surface area contributed by atoms with Crippen LogP contribution in [0.4, 0.5) is 0 Å². The highest BCUT2D eigenvalue weighted by molar-refractivity contribution is 7.12. The Kier molecular flexibility index (Phi) is 6.14. The van der Waals surface area contributed by atoms with Crippen LogP contribution in [0.25, 0.3) is 0 Å². The van der Waals surface area contributed by atoms with E-state index in [0.29, 0.717) is 11.4 Å². The summed E-state index contributed by atoms with van der Waals surface area (Å²) >= 11 is 1.38. The predicted octanol–water partition coefficient (Wildman–Crippen LogP) is 1.90. The Balaban J connectivity index is 2.33. The molecule has 2 amide bonds. The van der Waals surface area contributed by atoms with Crippen molar-refractivity contribution < 1.29 is 9.59 Å². The van der Waals surface area contributed by atoms with E-state index in [1.165, 1.54) is 16.2 Å². The monoisotopic (exact) mass is 266 g/mol. The summed E-state index contributed by atoms with van der Waals surface area (Å²) < 4.78 is 0. The molecule has 0 aliphatic heterocycles. The normalized spacial score (nSPS) is 10.6. The molecule has 18 heavy (non-hydrogen) atoms. The van der Waals surface area contributed by atoms with Crippen molar-refractivity contribution in [2.45, 2.75) is 13.3 Å². The van der Waals surface area contributed by atoms with Gasteiger partial charge in [-0.05, 0) is 24.8 Å². The van der Waals surface area contributed by atoms with Gasteiger partial charge in [-0.25, -0.2) is 0 Å². The third-order valence-electron chi connectivity index (χ3n) is 2.33. The molecule has 5 heteroatoms. The van der Waals surface area contributed by atoms with Crippen LogP contribution in [0.1, 0.15) is 23.0 Å². The van der Waals surface area contributed by atoms with Crippen LogP contribution < -0.4 is 5.32 Å². The van der Waals surface area contributed by atoms with Gasteiger partial charge >= 0.3 is 0 Å². The van der Waals surface area contributed by atoms with Gasteiger partial charge in [0.2, 0.25) is 5.91 Å². The molecule has 4 nitrogen and oxygen atoms in total. The molecule has 0 aliphatic carbocycles. The SMILES string of the molecule is C/C=C/CCNC(=O)CN(C)C(=O)c1cccs1. The summed E-state index contributed by atoms with van der Waals surface area (Å²) in [7, 11) is 1.63. The zero-order chi connectivity index (χ0) is 13.4. The van der Waals surface area contributed by atoms with E-state index >= 15 is 0 Å². The fourth-order valence-electron chi connectivity index (χ4n) is 1.39. The lowest BCUT2D eigenvalue weighted by Crippen LogP contribution is -2.38. The minimum atomic E-state index is -0.132. The zero-order valence-corrected chi connectivity index (χ0v) is 11.5. The average molecular weight is 266 g/mol. The van der Waals surface area contributed by atoms with Gasteiger partial charge in [0.05, 0.1) is 11.4 Å². The van der Waals surface area contributed by atoms with Gasteiger partial charge in [-0.15, -0.1) is 11.3 Å². The first-order valence-corrected chi connectivity index (χ1v) is 6.70. The first-order chi connectivity index (χ1) is 8.65. The Morgan fingerprint density at radius 3 is 2.89 bits per heavy atom. The van der Waals surface area contributed by atoms with Gasteiger partial charge in [-0.1, -0.05) is 18.2 Å². The Morgan fingerprint density at radius 2 is 2.28 bits per heavy atom. The summed E-state index contributed by atoms with van der Waals surface area (Å²) in [6.07, 6.45) is 4.74. The molecule has 0 atom stereocenters. The van der Waals surface area contributed by atoms with Gasteiger partial charge in [0, 0.05) is 13.6 Å². The van der Waals surface area contributed by atoms with E-state index in [9.17, 15) is 9.59 Å². The average Bonchev–Trinajstić information content (AvgIpc) is 2.87. The predicted molar refractivity (Wildman–Crippen MR) is 73.7 cm³/mol. The molecule has 1 N–H and O–H groups in total. The van der Waals surface area contributed by atoms with E-state index in [0.717, 1.165) is 6.42 Å². The van der Waals surface area contributed by atoms with Crippen LogP contribution in [-0.2, 0) is 4.79 Å². The number of nitrogens with zero attached hydrogens (tertiary/aromatic N) is 1. The molecule has 0 saturated heterocycles. The van der Waals surface area contributed by atoms with Crippen LogP contribution in [0.3, 0.4) is 0 Å². The Morgan fingerprint density at radius 1 is 1.50 bits per heavy atom. The highest BCUT2D eigenvalue weighted by Crippen LogP contribution is 2.10. The number of rotatable bonds is 6. The second-order valence-corrected chi connectivity index (χ2v) is 4.79. The first-order valence-electron chi connectivity index (χ1n) is 5.82.